The fourth-order valence-corrected chi connectivity index (χ4v) is 1.99. The number of rotatable bonds is 2. The Balaban J connectivity index is 2.64. The number of likely N-dealkylation sites (N-methyl/N-ethyl adjacent to an activating group) is 1. The lowest BCUT2D eigenvalue weighted by Gasteiger charge is -2.39. The summed E-state index contributed by atoms with van der Waals surface area (Å²) in [6.07, 6.45) is 0.606. The van der Waals surface area contributed by atoms with E-state index < -0.39 is 5.92 Å². The van der Waals surface area contributed by atoms with Crippen LogP contribution in [0.5, 0.6) is 0 Å². The minimum Gasteiger partial charge on any atom is -0.336 e. The molecule has 1 aliphatic rings. The van der Waals surface area contributed by atoms with Crippen LogP contribution in [-0.4, -0.2) is 48.4 Å². The zero-order valence-electron chi connectivity index (χ0n) is 9.73. The molecule has 2 unspecified atom stereocenters. The Labute approximate surface area is 91.5 Å². The average molecular weight is 209 g/mol. The van der Waals surface area contributed by atoms with E-state index >= 15 is 0 Å². The summed E-state index contributed by atoms with van der Waals surface area (Å²) in [6.45, 7) is 6.46. The predicted molar refractivity (Wildman–Crippen MR) is 58.1 cm³/mol. The molecule has 1 rings (SSSR count). The number of carbonyl (C=O) groups is 1. The first-order chi connectivity index (χ1) is 7.10. The lowest BCUT2D eigenvalue weighted by molar-refractivity contribution is -0.138. The fourth-order valence-electron chi connectivity index (χ4n) is 1.99. The number of nitrogens with zero attached hydrogens (tertiary/aromatic N) is 3. The molecule has 0 bridgehead atoms. The van der Waals surface area contributed by atoms with Crippen molar-refractivity contribution in [2.45, 2.75) is 26.3 Å². The zero-order chi connectivity index (χ0) is 11.4. The first kappa shape index (κ1) is 12.0. The van der Waals surface area contributed by atoms with Gasteiger partial charge in [-0.2, -0.15) is 5.26 Å². The lowest BCUT2D eigenvalue weighted by Crippen LogP contribution is -2.54. The zero-order valence-corrected chi connectivity index (χ0v) is 9.73. The second-order valence-corrected chi connectivity index (χ2v) is 4.23. The fraction of sp³-hybridized carbons (Fsp3) is 0.818. The summed E-state index contributed by atoms with van der Waals surface area (Å²) >= 11 is 0. The predicted octanol–water partition coefficient (Wildman–Crippen LogP) is 0.699. The van der Waals surface area contributed by atoms with Gasteiger partial charge in [-0.25, -0.2) is 0 Å². The summed E-state index contributed by atoms with van der Waals surface area (Å²) in [5.41, 5.74) is 0. The van der Waals surface area contributed by atoms with Crippen LogP contribution in [0.3, 0.4) is 0 Å². The maximum Gasteiger partial charge on any atom is 0.240 e. The molecule has 0 N–H and O–H groups in total. The topological polar surface area (TPSA) is 47.3 Å². The van der Waals surface area contributed by atoms with Gasteiger partial charge in [-0.15, -0.1) is 0 Å². The molecule has 84 valence electrons. The van der Waals surface area contributed by atoms with E-state index in [0.29, 0.717) is 6.42 Å². The summed E-state index contributed by atoms with van der Waals surface area (Å²) in [5.74, 6) is -0.462. The van der Waals surface area contributed by atoms with Gasteiger partial charge in [0.25, 0.3) is 0 Å². The molecule has 0 saturated carbocycles. The van der Waals surface area contributed by atoms with E-state index in [1.165, 1.54) is 0 Å². The van der Waals surface area contributed by atoms with E-state index in [2.05, 4.69) is 18.0 Å². The highest BCUT2D eigenvalue weighted by Crippen LogP contribution is 2.13. The van der Waals surface area contributed by atoms with Crippen molar-refractivity contribution in [1.82, 2.24) is 9.80 Å². The molecule has 4 nitrogen and oxygen atoms in total. The minimum atomic E-state index is -0.462. The van der Waals surface area contributed by atoms with Crippen LogP contribution in [0.1, 0.15) is 20.3 Å². The van der Waals surface area contributed by atoms with Crippen LogP contribution in [0, 0.1) is 17.2 Å². The smallest absolute Gasteiger partial charge is 0.240 e. The molecule has 0 aromatic rings. The van der Waals surface area contributed by atoms with Crippen LogP contribution in [0.25, 0.3) is 0 Å². The van der Waals surface area contributed by atoms with Gasteiger partial charge >= 0.3 is 0 Å². The Morgan fingerprint density at radius 1 is 1.60 bits per heavy atom. The van der Waals surface area contributed by atoms with E-state index in [1.54, 1.807) is 0 Å². The quantitative estimate of drug-likeness (QED) is 0.672. The summed E-state index contributed by atoms with van der Waals surface area (Å²) in [4.78, 5) is 16.0. The first-order valence-electron chi connectivity index (χ1n) is 5.48. The van der Waals surface area contributed by atoms with Crippen molar-refractivity contribution in [3.63, 3.8) is 0 Å². The Bertz CT molecular complexity index is 271. The molecular formula is C11H19N3O. The second kappa shape index (κ2) is 5.13. The Morgan fingerprint density at radius 2 is 2.27 bits per heavy atom. The van der Waals surface area contributed by atoms with Crippen molar-refractivity contribution in [2.24, 2.45) is 5.92 Å². The normalized spacial score (nSPS) is 24.7. The number of nitriles is 1. The SMILES string of the molecule is CCC(C#N)C(=O)N1CCN(C)CC1C. The number of amides is 1. The highest BCUT2D eigenvalue weighted by Gasteiger charge is 2.29. The third-order valence-electron chi connectivity index (χ3n) is 2.98. The maximum absolute atomic E-state index is 12.0. The number of hydrogen-bond acceptors (Lipinski definition) is 3. The van der Waals surface area contributed by atoms with Gasteiger partial charge in [0, 0.05) is 25.7 Å². The molecule has 0 radical (unpaired) electrons. The molecule has 1 fully saturated rings. The average Bonchev–Trinajstić information content (AvgIpc) is 2.19. The molecule has 15 heavy (non-hydrogen) atoms. The Morgan fingerprint density at radius 3 is 2.73 bits per heavy atom. The van der Waals surface area contributed by atoms with Gasteiger partial charge in [0.1, 0.15) is 5.92 Å². The van der Waals surface area contributed by atoms with E-state index in [4.69, 9.17) is 5.26 Å². The number of hydrogen-bond donors (Lipinski definition) is 0. The van der Waals surface area contributed by atoms with Gasteiger partial charge in [-0.3, -0.25) is 4.79 Å². The van der Waals surface area contributed by atoms with Gasteiger partial charge in [0.2, 0.25) is 5.91 Å². The molecule has 2 atom stereocenters. The minimum absolute atomic E-state index is 0.000556. The van der Waals surface area contributed by atoms with Crippen LogP contribution >= 0.6 is 0 Å². The molecule has 4 heteroatoms. The second-order valence-electron chi connectivity index (χ2n) is 4.23. The highest BCUT2D eigenvalue weighted by atomic mass is 16.2. The van der Waals surface area contributed by atoms with Crippen molar-refractivity contribution in [3.05, 3.63) is 0 Å². The number of carbonyl (C=O) groups excluding carboxylic acids is 1. The van der Waals surface area contributed by atoms with Gasteiger partial charge in [0.15, 0.2) is 0 Å². The highest BCUT2D eigenvalue weighted by molar-refractivity contribution is 5.81. The van der Waals surface area contributed by atoms with Crippen molar-refractivity contribution in [2.75, 3.05) is 26.7 Å². The van der Waals surface area contributed by atoms with E-state index in [9.17, 15) is 4.79 Å². The molecule has 1 aliphatic heterocycles. The standard InChI is InChI=1S/C11H19N3O/c1-4-10(7-12)11(15)14-6-5-13(3)8-9(14)2/h9-10H,4-6,8H2,1-3H3. The monoisotopic (exact) mass is 209 g/mol. The summed E-state index contributed by atoms with van der Waals surface area (Å²) < 4.78 is 0. The number of piperazine rings is 1. The third-order valence-corrected chi connectivity index (χ3v) is 2.98. The summed E-state index contributed by atoms with van der Waals surface area (Å²) in [7, 11) is 2.06. The van der Waals surface area contributed by atoms with Gasteiger partial charge in [-0.05, 0) is 20.4 Å². The maximum atomic E-state index is 12.0. The van der Waals surface area contributed by atoms with Gasteiger partial charge < -0.3 is 9.80 Å². The molecule has 1 amide bonds. The molecule has 1 heterocycles. The molecule has 0 aliphatic carbocycles. The van der Waals surface area contributed by atoms with Gasteiger partial charge in [-0.1, -0.05) is 6.92 Å². The van der Waals surface area contributed by atoms with E-state index in [-0.39, 0.29) is 11.9 Å². The molecule has 0 aromatic heterocycles. The first-order valence-corrected chi connectivity index (χ1v) is 5.48. The van der Waals surface area contributed by atoms with Gasteiger partial charge in [0.05, 0.1) is 6.07 Å². The van der Waals surface area contributed by atoms with Crippen LogP contribution in [0.15, 0.2) is 0 Å². The summed E-state index contributed by atoms with van der Waals surface area (Å²) in [5, 5.41) is 8.86. The van der Waals surface area contributed by atoms with E-state index in [0.717, 1.165) is 19.6 Å². The Kier molecular flexibility index (Phi) is 4.10. The van der Waals surface area contributed by atoms with Crippen LogP contribution in [0.4, 0.5) is 0 Å². The lowest BCUT2D eigenvalue weighted by atomic mass is 10.0. The van der Waals surface area contributed by atoms with Crippen LogP contribution in [-0.2, 0) is 4.79 Å². The van der Waals surface area contributed by atoms with Crippen LogP contribution < -0.4 is 0 Å². The molecular weight excluding hydrogens is 190 g/mol. The van der Waals surface area contributed by atoms with Crippen molar-refractivity contribution >= 4 is 5.91 Å². The Hall–Kier alpha value is -1.08. The van der Waals surface area contributed by atoms with Crippen LogP contribution in [0.2, 0.25) is 0 Å². The van der Waals surface area contributed by atoms with Crippen molar-refractivity contribution in [3.8, 4) is 6.07 Å². The molecule has 0 aromatic carbocycles. The summed E-state index contributed by atoms with van der Waals surface area (Å²) in [6, 6.07) is 2.30. The van der Waals surface area contributed by atoms with Crippen molar-refractivity contribution < 1.29 is 4.79 Å². The van der Waals surface area contributed by atoms with Crippen molar-refractivity contribution in [1.29, 1.82) is 5.26 Å². The van der Waals surface area contributed by atoms with E-state index in [1.807, 2.05) is 18.7 Å². The largest absolute Gasteiger partial charge is 0.336 e. The molecule has 0 spiro atoms. The third kappa shape index (κ3) is 2.69. The molecule has 1 saturated heterocycles.